The summed E-state index contributed by atoms with van der Waals surface area (Å²) in [5.41, 5.74) is 3.56. The Kier molecular flexibility index (Phi) is 5.40. The van der Waals surface area contributed by atoms with E-state index < -0.39 is 6.04 Å². The van der Waals surface area contributed by atoms with E-state index in [0.29, 0.717) is 21.0 Å². The number of rotatable bonds is 4. The fourth-order valence-corrected chi connectivity index (χ4v) is 5.04. The summed E-state index contributed by atoms with van der Waals surface area (Å²) in [5, 5.41) is 10.8. The van der Waals surface area contributed by atoms with Crippen LogP contribution in [0.2, 0.25) is 0 Å². The molecule has 3 heterocycles. The Morgan fingerprint density at radius 3 is 2.71 bits per heavy atom. The van der Waals surface area contributed by atoms with Crippen molar-refractivity contribution in [3.05, 3.63) is 97.1 Å². The summed E-state index contributed by atoms with van der Waals surface area (Å²) in [6.45, 7) is 3.99. The molecule has 2 aromatic carbocycles. The van der Waals surface area contributed by atoms with Gasteiger partial charge in [-0.05, 0) is 76.3 Å². The average Bonchev–Trinajstić information content (AvgIpc) is 3.09. The molecule has 0 spiro atoms. The second-order valence-electron chi connectivity index (χ2n) is 8.38. The van der Waals surface area contributed by atoms with Gasteiger partial charge in [0.15, 0.2) is 16.9 Å². The van der Waals surface area contributed by atoms with Crippen LogP contribution in [0.4, 0.5) is 0 Å². The van der Waals surface area contributed by atoms with E-state index in [-0.39, 0.29) is 40.7 Å². The molecule has 2 aromatic heterocycles. The Bertz CT molecular complexity index is 1510. The summed E-state index contributed by atoms with van der Waals surface area (Å²) < 4.78 is 11.8. The number of amides is 1. The maximum Gasteiger partial charge on any atom is 0.291 e. The van der Waals surface area contributed by atoms with Crippen molar-refractivity contribution in [2.24, 2.45) is 0 Å². The number of carbonyl (C=O) groups excluding carboxylic acids is 1. The molecule has 7 nitrogen and oxygen atoms in total. The number of methoxy groups -OCH3 is 1. The summed E-state index contributed by atoms with van der Waals surface area (Å²) in [7, 11) is 1.44. The van der Waals surface area contributed by atoms with Crippen LogP contribution in [0.1, 0.15) is 44.4 Å². The van der Waals surface area contributed by atoms with E-state index in [0.717, 1.165) is 16.7 Å². The molecule has 4 aromatic rings. The summed E-state index contributed by atoms with van der Waals surface area (Å²) in [6.07, 6.45) is 3.34. The van der Waals surface area contributed by atoms with Crippen LogP contribution in [-0.2, 0) is 6.54 Å². The molecule has 172 valence electrons. The number of ether oxygens (including phenoxy) is 1. The van der Waals surface area contributed by atoms with Gasteiger partial charge in [0.1, 0.15) is 5.58 Å². The van der Waals surface area contributed by atoms with Gasteiger partial charge in [0.2, 0.25) is 5.76 Å². The number of pyridine rings is 1. The minimum atomic E-state index is -0.741. The van der Waals surface area contributed by atoms with E-state index in [1.807, 2.05) is 26.0 Å². The Hall–Kier alpha value is -3.65. The number of aryl methyl sites for hydroxylation is 2. The molecule has 0 saturated heterocycles. The van der Waals surface area contributed by atoms with Crippen molar-refractivity contribution in [3.63, 3.8) is 0 Å². The molecular weight excluding hydrogens is 500 g/mol. The third-order valence-electron chi connectivity index (χ3n) is 6.06. The number of benzene rings is 2. The number of aromatic nitrogens is 1. The van der Waals surface area contributed by atoms with Gasteiger partial charge in [-0.3, -0.25) is 14.6 Å². The molecule has 1 aliphatic rings. The number of hydrogen-bond donors (Lipinski definition) is 1. The second kappa shape index (κ2) is 8.29. The lowest BCUT2D eigenvalue weighted by atomic mass is 9.97. The van der Waals surface area contributed by atoms with Crippen molar-refractivity contribution in [3.8, 4) is 11.5 Å². The quantitative estimate of drug-likeness (QED) is 0.405. The maximum absolute atomic E-state index is 13.8. The molecule has 1 atom stereocenters. The molecule has 0 bridgehead atoms. The fraction of sp³-hybridized carbons (Fsp3) is 0.192. The van der Waals surface area contributed by atoms with E-state index in [2.05, 4.69) is 20.9 Å². The Labute approximate surface area is 203 Å². The predicted octanol–water partition coefficient (Wildman–Crippen LogP) is 5.03. The Morgan fingerprint density at radius 1 is 1.21 bits per heavy atom. The molecule has 5 rings (SSSR count). The van der Waals surface area contributed by atoms with Crippen LogP contribution in [-0.4, -0.2) is 28.0 Å². The van der Waals surface area contributed by atoms with Gasteiger partial charge in [-0.2, -0.15) is 0 Å². The molecule has 0 saturated carbocycles. The third-order valence-corrected chi connectivity index (χ3v) is 6.66. The summed E-state index contributed by atoms with van der Waals surface area (Å²) in [4.78, 5) is 33.2. The molecule has 0 radical (unpaired) electrons. The summed E-state index contributed by atoms with van der Waals surface area (Å²) in [5.74, 6) is -0.192. The molecule has 0 unspecified atom stereocenters. The van der Waals surface area contributed by atoms with Gasteiger partial charge < -0.3 is 19.2 Å². The molecule has 1 aliphatic heterocycles. The van der Waals surface area contributed by atoms with Crippen LogP contribution >= 0.6 is 15.9 Å². The zero-order chi connectivity index (χ0) is 24.1. The van der Waals surface area contributed by atoms with E-state index in [9.17, 15) is 14.7 Å². The molecule has 1 N–H and O–H groups in total. The lowest BCUT2D eigenvalue weighted by molar-refractivity contribution is 0.0714. The fourth-order valence-electron chi connectivity index (χ4n) is 4.58. The second-order valence-corrected chi connectivity index (χ2v) is 9.24. The van der Waals surface area contributed by atoms with Crippen molar-refractivity contribution in [1.29, 1.82) is 0 Å². The Balaban J connectivity index is 1.79. The van der Waals surface area contributed by atoms with Crippen LogP contribution in [0.5, 0.6) is 11.5 Å². The molecule has 0 fully saturated rings. The zero-order valence-corrected chi connectivity index (χ0v) is 20.3. The molecular formula is C26H21BrN2O5. The lowest BCUT2D eigenvalue weighted by Gasteiger charge is -2.26. The van der Waals surface area contributed by atoms with Gasteiger partial charge in [0.25, 0.3) is 5.91 Å². The topological polar surface area (TPSA) is 92.9 Å². The number of aromatic hydroxyl groups is 1. The number of fused-ring (bicyclic) bond motifs is 2. The standard InChI is InChI=1S/C26H21BrN2O5/c1-13-7-14(2)24-17(8-13)22(30)20-21(16-9-18(27)23(31)19(10-16)33-3)29(26(32)25(20)34-24)12-15-5-4-6-28-11-15/h4-11,21,31H,12H2,1-3H3/t21-/m1/s1. The van der Waals surface area contributed by atoms with Crippen molar-refractivity contribution in [2.75, 3.05) is 7.11 Å². The molecule has 34 heavy (non-hydrogen) atoms. The highest BCUT2D eigenvalue weighted by molar-refractivity contribution is 9.10. The largest absolute Gasteiger partial charge is 0.503 e. The van der Waals surface area contributed by atoms with E-state index in [1.165, 1.54) is 7.11 Å². The summed E-state index contributed by atoms with van der Waals surface area (Å²) in [6, 6.07) is 9.95. The van der Waals surface area contributed by atoms with Crippen LogP contribution in [0.3, 0.4) is 0 Å². The van der Waals surface area contributed by atoms with Crippen LogP contribution < -0.4 is 10.2 Å². The SMILES string of the molecule is COc1cc([C@@H]2c3c(oc4c(C)cc(C)cc4c3=O)C(=O)N2Cc2cccnc2)cc(Br)c1O. The first kappa shape index (κ1) is 22.2. The predicted molar refractivity (Wildman–Crippen MR) is 130 cm³/mol. The van der Waals surface area contributed by atoms with Gasteiger partial charge in [0.05, 0.1) is 28.6 Å². The average molecular weight is 521 g/mol. The minimum absolute atomic E-state index is 0.0292. The number of phenols is 1. The smallest absolute Gasteiger partial charge is 0.291 e. The number of nitrogens with zero attached hydrogens (tertiary/aromatic N) is 2. The first-order chi connectivity index (χ1) is 16.3. The lowest BCUT2D eigenvalue weighted by Crippen LogP contribution is -2.29. The van der Waals surface area contributed by atoms with Crippen LogP contribution in [0.25, 0.3) is 11.0 Å². The van der Waals surface area contributed by atoms with E-state index in [4.69, 9.17) is 9.15 Å². The molecule has 0 aliphatic carbocycles. The monoisotopic (exact) mass is 520 g/mol. The molecule has 8 heteroatoms. The zero-order valence-electron chi connectivity index (χ0n) is 18.8. The van der Waals surface area contributed by atoms with Gasteiger partial charge in [-0.15, -0.1) is 0 Å². The first-order valence-corrected chi connectivity index (χ1v) is 11.4. The third kappa shape index (κ3) is 3.45. The van der Waals surface area contributed by atoms with Crippen LogP contribution in [0.15, 0.2) is 62.5 Å². The van der Waals surface area contributed by atoms with Crippen LogP contribution in [0, 0.1) is 13.8 Å². The van der Waals surface area contributed by atoms with Crippen molar-refractivity contribution < 1.29 is 19.1 Å². The highest BCUT2D eigenvalue weighted by Crippen LogP contribution is 2.44. The highest BCUT2D eigenvalue weighted by atomic mass is 79.9. The number of phenolic OH excluding ortho intramolecular Hbond substituents is 1. The number of carbonyl (C=O) groups is 1. The number of halogens is 1. The van der Waals surface area contributed by atoms with E-state index in [1.54, 1.807) is 41.6 Å². The molecule has 1 amide bonds. The normalized spacial score (nSPS) is 15.1. The van der Waals surface area contributed by atoms with Gasteiger partial charge in [0, 0.05) is 18.9 Å². The Morgan fingerprint density at radius 2 is 2.00 bits per heavy atom. The van der Waals surface area contributed by atoms with Crippen molar-refractivity contribution in [2.45, 2.75) is 26.4 Å². The van der Waals surface area contributed by atoms with Gasteiger partial charge >= 0.3 is 0 Å². The maximum atomic E-state index is 13.8. The highest BCUT2D eigenvalue weighted by Gasteiger charge is 2.43. The van der Waals surface area contributed by atoms with E-state index >= 15 is 0 Å². The van der Waals surface area contributed by atoms with Gasteiger partial charge in [-0.25, -0.2) is 0 Å². The van der Waals surface area contributed by atoms with Crippen molar-refractivity contribution in [1.82, 2.24) is 9.88 Å². The number of hydrogen-bond acceptors (Lipinski definition) is 6. The van der Waals surface area contributed by atoms with Gasteiger partial charge in [-0.1, -0.05) is 12.1 Å². The minimum Gasteiger partial charge on any atom is -0.503 e. The first-order valence-electron chi connectivity index (χ1n) is 10.6. The van der Waals surface area contributed by atoms with Crippen molar-refractivity contribution >= 4 is 32.8 Å². The summed E-state index contributed by atoms with van der Waals surface area (Å²) >= 11 is 3.36.